The Bertz CT molecular complexity index is 934. The minimum absolute atomic E-state index is 0.0957. The van der Waals surface area contributed by atoms with E-state index < -0.39 is 0 Å². The van der Waals surface area contributed by atoms with Gasteiger partial charge in [-0.15, -0.1) is 11.3 Å². The number of nitrogens with one attached hydrogen (secondary N) is 1. The number of amides is 1. The highest BCUT2D eigenvalue weighted by Gasteiger charge is 2.06. The van der Waals surface area contributed by atoms with Crippen molar-refractivity contribution in [2.75, 3.05) is 13.2 Å². The molecule has 7 heteroatoms. The Morgan fingerprint density at radius 3 is 2.70 bits per heavy atom. The van der Waals surface area contributed by atoms with Crippen LogP contribution in [0.2, 0.25) is 0 Å². The second-order valence-electron chi connectivity index (χ2n) is 5.86. The van der Waals surface area contributed by atoms with Crippen molar-refractivity contribution in [3.8, 4) is 16.3 Å². The minimum atomic E-state index is -0.184. The fourth-order valence-electron chi connectivity index (χ4n) is 2.58. The van der Waals surface area contributed by atoms with Gasteiger partial charge in [0.1, 0.15) is 11.4 Å². The summed E-state index contributed by atoms with van der Waals surface area (Å²) in [4.78, 5) is 25.1. The molecule has 1 amide bonds. The number of rotatable bonds is 8. The van der Waals surface area contributed by atoms with Crippen molar-refractivity contribution in [1.82, 2.24) is 15.1 Å². The Hall–Kier alpha value is -2.93. The van der Waals surface area contributed by atoms with E-state index in [1.165, 1.54) is 10.7 Å². The molecule has 2 heterocycles. The lowest BCUT2D eigenvalue weighted by Crippen LogP contribution is -2.32. The van der Waals surface area contributed by atoms with Crippen LogP contribution in [0.15, 0.2) is 58.7 Å². The monoisotopic (exact) mass is 383 g/mol. The molecule has 0 unspecified atom stereocenters. The van der Waals surface area contributed by atoms with Gasteiger partial charge < -0.3 is 10.1 Å². The Morgan fingerprint density at radius 2 is 2.00 bits per heavy atom. The smallest absolute Gasteiger partial charge is 0.266 e. The molecule has 6 nitrogen and oxygen atoms in total. The van der Waals surface area contributed by atoms with E-state index in [1.54, 1.807) is 17.4 Å². The summed E-state index contributed by atoms with van der Waals surface area (Å²) >= 11 is 1.57. The zero-order chi connectivity index (χ0) is 19.1. The number of carbonyl (C=O) groups is 1. The van der Waals surface area contributed by atoms with Crippen LogP contribution in [-0.2, 0) is 17.8 Å². The first kappa shape index (κ1) is 18.8. The molecular formula is C20H21N3O3S. The zero-order valence-corrected chi connectivity index (χ0v) is 15.9. The summed E-state index contributed by atoms with van der Waals surface area (Å²) in [5.41, 5.74) is 1.48. The molecule has 140 valence electrons. The topological polar surface area (TPSA) is 73.2 Å². The van der Waals surface area contributed by atoms with Gasteiger partial charge in [0, 0.05) is 12.6 Å². The van der Waals surface area contributed by atoms with Crippen LogP contribution in [-0.4, -0.2) is 28.8 Å². The van der Waals surface area contributed by atoms with Crippen molar-refractivity contribution >= 4 is 17.2 Å². The number of nitrogens with zero attached hydrogens (tertiary/aromatic N) is 2. The average molecular weight is 383 g/mol. The third-order valence-electron chi connectivity index (χ3n) is 3.89. The van der Waals surface area contributed by atoms with Crippen LogP contribution in [0.1, 0.15) is 12.5 Å². The van der Waals surface area contributed by atoms with Crippen LogP contribution in [0.25, 0.3) is 10.6 Å². The first-order valence-corrected chi connectivity index (χ1v) is 9.64. The van der Waals surface area contributed by atoms with Crippen molar-refractivity contribution in [1.29, 1.82) is 0 Å². The summed E-state index contributed by atoms with van der Waals surface area (Å²) in [6.07, 6.45) is 0.282. The molecule has 0 aliphatic rings. The molecule has 3 aromatic rings. The largest absolute Gasteiger partial charge is 0.494 e. The van der Waals surface area contributed by atoms with E-state index in [4.69, 9.17) is 4.74 Å². The Kier molecular flexibility index (Phi) is 6.38. The Balaban J connectivity index is 1.52. The molecule has 2 aromatic heterocycles. The Morgan fingerprint density at radius 1 is 1.19 bits per heavy atom. The van der Waals surface area contributed by atoms with Crippen molar-refractivity contribution in [2.24, 2.45) is 0 Å². The molecule has 0 atom stereocenters. The molecule has 0 aliphatic carbocycles. The fourth-order valence-corrected chi connectivity index (χ4v) is 3.27. The van der Waals surface area contributed by atoms with Gasteiger partial charge in [0.05, 0.1) is 24.4 Å². The number of carbonyl (C=O) groups excluding carboxylic acids is 1. The van der Waals surface area contributed by atoms with Gasteiger partial charge in [-0.1, -0.05) is 18.2 Å². The van der Waals surface area contributed by atoms with Crippen LogP contribution in [0.4, 0.5) is 0 Å². The van der Waals surface area contributed by atoms with E-state index in [1.807, 2.05) is 48.7 Å². The van der Waals surface area contributed by atoms with Crippen LogP contribution >= 0.6 is 11.3 Å². The number of aromatic nitrogens is 2. The number of hydrogen-bond donors (Lipinski definition) is 1. The highest BCUT2D eigenvalue weighted by Crippen LogP contribution is 2.21. The maximum absolute atomic E-state index is 12.1. The number of ether oxygens (including phenoxy) is 1. The highest BCUT2D eigenvalue weighted by molar-refractivity contribution is 7.13. The van der Waals surface area contributed by atoms with Crippen LogP contribution < -0.4 is 15.6 Å². The summed E-state index contributed by atoms with van der Waals surface area (Å²) in [6, 6.07) is 14.6. The third kappa shape index (κ3) is 5.27. The van der Waals surface area contributed by atoms with E-state index in [0.717, 1.165) is 21.9 Å². The molecule has 0 spiro atoms. The van der Waals surface area contributed by atoms with Crippen LogP contribution in [0, 0.1) is 0 Å². The van der Waals surface area contributed by atoms with E-state index in [0.29, 0.717) is 19.7 Å². The van der Waals surface area contributed by atoms with E-state index in [9.17, 15) is 9.59 Å². The lowest BCUT2D eigenvalue weighted by molar-refractivity contribution is -0.120. The number of benzene rings is 1. The third-order valence-corrected chi connectivity index (χ3v) is 4.78. The van der Waals surface area contributed by atoms with E-state index in [2.05, 4.69) is 10.4 Å². The van der Waals surface area contributed by atoms with E-state index >= 15 is 0 Å². The van der Waals surface area contributed by atoms with Gasteiger partial charge >= 0.3 is 0 Å². The van der Waals surface area contributed by atoms with Crippen LogP contribution in [0.5, 0.6) is 5.75 Å². The molecule has 0 aliphatic heterocycles. The molecule has 0 saturated carbocycles. The van der Waals surface area contributed by atoms with Gasteiger partial charge in [-0.25, -0.2) is 4.68 Å². The maximum atomic E-state index is 12.1. The molecule has 3 rings (SSSR count). The van der Waals surface area contributed by atoms with Gasteiger partial charge in [-0.05, 0) is 42.1 Å². The normalized spacial score (nSPS) is 10.6. The van der Waals surface area contributed by atoms with Gasteiger partial charge in [0.15, 0.2) is 0 Å². The van der Waals surface area contributed by atoms with Gasteiger partial charge in [0.2, 0.25) is 5.91 Å². The molecule has 0 bridgehead atoms. The predicted octanol–water partition coefficient (Wildman–Crippen LogP) is 2.73. The molecule has 0 radical (unpaired) electrons. The van der Waals surface area contributed by atoms with Gasteiger partial charge in [0.25, 0.3) is 5.56 Å². The maximum Gasteiger partial charge on any atom is 0.266 e. The first-order chi connectivity index (χ1) is 13.2. The van der Waals surface area contributed by atoms with Crippen molar-refractivity contribution < 1.29 is 9.53 Å². The second kappa shape index (κ2) is 9.14. The molecule has 1 aromatic carbocycles. The fraction of sp³-hybridized carbons (Fsp3) is 0.250. The first-order valence-electron chi connectivity index (χ1n) is 8.76. The quantitative estimate of drug-likeness (QED) is 0.649. The Labute approximate surface area is 161 Å². The predicted molar refractivity (Wildman–Crippen MR) is 106 cm³/mol. The summed E-state index contributed by atoms with van der Waals surface area (Å²) < 4.78 is 6.77. The number of hydrogen-bond acceptors (Lipinski definition) is 5. The summed E-state index contributed by atoms with van der Waals surface area (Å²) in [7, 11) is 0. The van der Waals surface area contributed by atoms with Crippen LogP contribution in [0.3, 0.4) is 0 Å². The minimum Gasteiger partial charge on any atom is -0.494 e. The summed E-state index contributed by atoms with van der Waals surface area (Å²) in [6.45, 7) is 3.21. The molecule has 27 heavy (non-hydrogen) atoms. The van der Waals surface area contributed by atoms with Crippen molar-refractivity contribution in [3.05, 3.63) is 69.8 Å². The standard InChI is InChI=1S/C20H21N3O3S/c1-2-26-16-7-5-15(6-8-16)14-19(24)21-11-12-23-20(25)10-9-17(22-23)18-4-3-13-27-18/h3-10,13H,2,11-12,14H2,1H3,(H,21,24). The molecule has 0 fully saturated rings. The molecule has 0 saturated heterocycles. The zero-order valence-electron chi connectivity index (χ0n) is 15.1. The molecule has 1 N–H and O–H groups in total. The number of thiophene rings is 1. The highest BCUT2D eigenvalue weighted by atomic mass is 32.1. The van der Waals surface area contributed by atoms with Gasteiger partial charge in [-0.3, -0.25) is 9.59 Å². The SMILES string of the molecule is CCOc1ccc(CC(=O)NCCn2nc(-c3cccs3)ccc2=O)cc1. The lowest BCUT2D eigenvalue weighted by Gasteiger charge is -2.08. The summed E-state index contributed by atoms with van der Waals surface area (Å²) in [5.74, 6) is 0.694. The van der Waals surface area contributed by atoms with Crippen molar-refractivity contribution in [2.45, 2.75) is 19.9 Å². The van der Waals surface area contributed by atoms with E-state index in [-0.39, 0.29) is 17.9 Å². The lowest BCUT2D eigenvalue weighted by atomic mass is 10.1. The molecular weight excluding hydrogens is 362 g/mol. The second-order valence-corrected chi connectivity index (χ2v) is 6.81. The summed E-state index contributed by atoms with van der Waals surface area (Å²) in [5, 5.41) is 9.17. The average Bonchev–Trinajstić information content (AvgIpc) is 3.20. The van der Waals surface area contributed by atoms with Gasteiger partial charge in [-0.2, -0.15) is 5.10 Å². The van der Waals surface area contributed by atoms with Crippen molar-refractivity contribution in [3.63, 3.8) is 0 Å².